The van der Waals surface area contributed by atoms with Gasteiger partial charge in [-0.2, -0.15) is 0 Å². The third kappa shape index (κ3) is 2.50. The first-order valence-corrected chi connectivity index (χ1v) is 6.22. The van der Waals surface area contributed by atoms with E-state index in [-0.39, 0.29) is 5.75 Å². The number of para-hydroxylation sites is 1. The van der Waals surface area contributed by atoms with Gasteiger partial charge < -0.3 is 10.4 Å². The first-order chi connectivity index (χ1) is 7.67. The average Bonchev–Trinajstić information content (AvgIpc) is 3.05. The largest absolute Gasteiger partial charge is 0.506 e. The van der Waals surface area contributed by atoms with E-state index in [1.54, 1.807) is 6.07 Å². The fourth-order valence-electron chi connectivity index (χ4n) is 2.00. The lowest BCUT2D eigenvalue weighted by atomic mass is 10.0. The summed E-state index contributed by atoms with van der Waals surface area (Å²) in [6.45, 7) is 3.97. The fourth-order valence-corrected chi connectivity index (χ4v) is 2.19. The van der Waals surface area contributed by atoms with Crippen LogP contribution in [0.4, 0.5) is 0 Å². The van der Waals surface area contributed by atoms with Crippen molar-refractivity contribution in [3.63, 3.8) is 0 Å². The fraction of sp³-hybridized carbons (Fsp3) is 0.538. The van der Waals surface area contributed by atoms with Gasteiger partial charge in [-0.05, 0) is 30.7 Å². The maximum Gasteiger partial charge on any atom is 0.138 e. The summed E-state index contributed by atoms with van der Waals surface area (Å²) in [5.74, 6) is 0.206. The monoisotopic (exact) mass is 239 g/mol. The Morgan fingerprint density at radius 2 is 2.19 bits per heavy atom. The van der Waals surface area contributed by atoms with Crippen LogP contribution in [-0.4, -0.2) is 11.7 Å². The van der Waals surface area contributed by atoms with Crippen molar-refractivity contribution in [3.05, 3.63) is 28.8 Å². The van der Waals surface area contributed by atoms with Gasteiger partial charge in [-0.15, -0.1) is 0 Å². The van der Waals surface area contributed by atoms with Gasteiger partial charge in [-0.25, -0.2) is 0 Å². The number of aromatic hydroxyl groups is 1. The second-order valence-corrected chi connectivity index (χ2v) is 5.11. The van der Waals surface area contributed by atoms with Crippen molar-refractivity contribution < 1.29 is 5.11 Å². The number of rotatable bonds is 5. The Kier molecular flexibility index (Phi) is 3.41. The van der Waals surface area contributed by atoms with Crippen LogP contribution in [0.5, 0.6) is 5.75 Å². The van der Waals surface area contributed by atoms with E-state index in [1.165, 1.54) is 19.3 Å². The predicted octanol–water partition coefficient (Wildman–Crippen LogP) is 3.33. The van der Waals surface area contributed by atoms with Gasteiger partial charge in [0.05, 0.1) is 5.02 Å². The van der Waals surface area contributed by atoms with Crippen LogP contribution in [0.15, 0.2) is 18.2 Å². The number of halogens is 1. The molecule has 0 unspecified atom stereocenters. The van der Waals surface area contributed by atoms with Crippen molar-refractivity contribution in [3.8, 4) is 5.75 Å². The molecular formula is C13H18ClNO. The van der Waals surface area contributed by atoms with E-state index in [0.29, 0.717) is 17.0 Å². The third-order valence-electron chi connectivity index (χ3n) is 3.59. The molecule has 0 amide bonds. The Morgan fingerprint density at radius 1 is 1.44 bits per heavy atom. The third-order valence-corrected chi connectivity index (χ3v) is 3.90. The summed E-state index contributed by atoms with van der Waals surface area (Å²) in [4.78, 5) is 0. The van der Waals surface area contributed by atoms with E-state index >= 15 is 0 Å². The highest BCUT2D eigenvalue weighted by Gasteiger charge is 2.39. The molecule has 1 saturated carbocycles. The lowest BCUT2D eigenvalue weighted by Gasteiger charge is -2.14. The summed E-state index contributed by atoms with van der Waals surface area (Å²) in [7, 11) is 0. The summed E-state index contributed by atoms with van der Waals surface area (Å²) in [6, 6.07) is 5.47. The van der Waals surface area contributed by atoms with E-state index in [2.05, 4.69) is 12.2 Å². The molecular weight excluding hydrogens is 222 g/mol. The minimum atomic E-state index is 0.206. The molecule has 0 bridgehead atoms. The first-order valence-electron chi connectivity index (χ1n) is 5.84. The van der Waals surface area contributed by atoms with Crippen molar-refractivity contribution in [1.29, 1.82) is 0 Å². The van der Waals surface area contributed by atoms with E-state index in [4.69, 9.17) is 11.6 Å². The summed E-state index contributed by atoms with van der Waals surface area (Å²) in [5.41, 5.74) is 1.41. The highest BCUT2D eigenvalue weighted by Crippen LogP contribution is 2.47. The molecule has 3 heteroatoms. The summed E-state index contributed by atoms with van der Waals surface area (Å²) < 4.78 is 0. The molecule has 1 aliphatic rings. The van der Waals surface area contributed by atoms with Gasteiger partial charge in [0.15, 0.2) is 0 Å². The molecule has 1 aromatic rings. The SMILES string of the molecule is CCC1(CNCc2cccc(Cl)c2O)CC1. The van der Waals surface area contributed by atoms with Crippen molar-refractivity contribution in [2.45, 2.75) is 32.7 Å². The van der Waals surface area contributed by atoms with Crippen LogP contribution >= 0.6 is 11.6 Å². The Bertz CT molecular complexity index is 374. The normalized spacial score (nSPS) is 17.4. The standard InChI is InChI=1S/C13H18ClNO/c1-2-13(6-7-13)9-15-8-10-4-3-5-11(14)12(10)16/h3-5,15-16H,2,6-9H2,1H3. The molecule has 1 fully saturated rings. The molecule has 0 aliphatic heterocycles. The molecule has 2 N–H and O–H groups in total. The molecule has 0 heterocycles. The second kappa shape index (κ2) is 4.64. The molecule has 88 valence electrons. The Morgan fingerprint density at radius 3 is 2.81 bits per heavy atom. The van der Waals surface area contributed by atoms with Gasteiger partial charge in [0, 0.05) is 18.7 Å². The molecule has 0 atom stereocenters. The van der Waals surface area contributed by atoms with E-state index in [0.717, 1.165) is 12.1 Å². The molecule has 1 aromatic carbocycles. The molecule has 2 rings (SSSR count). The summed E-state index contributed by atoms with van der Waals surface area (Å²) in [5, 5.41) is 13.6. The van der Waals surface area contributed by atoms with Crippen LogP contribution in [0, 0.1) is 5.41 Å². The van der Waals surface area contributed by atoms with Crippen molar-refractivity contribution in [2.24, 2.45) is 5.41 Å². The lowest BCUT2D eigenvalue weighted by molar-refractivity contribution is 0.432. The zero-order chi connectivity index (χ0) is 11.6. The van der Waals surface area contributed by atoms with Gasteiger partial charge in [0.25, 0.3) is 0 Å². The molecule has 2 nitrogen and oxygen atoms in total. The van der Waals surface area contributed by atoms with Crippen LogP contribution in [0.2, 0.25) is 5.02 Å². The highest BCUT2D eigenvalue weighted by molar-refractivity contribution is 6.32. The van der Waals surface area contributed by atoms with E-state index in [9.17, 15) is 5.11 Å². The number of phenols is 1. The van der Waals surface area contributed by atoms with Crippen LogP contribution in [-0.2, 0) is 6.54 Å². The predicted molar refractivity (Wildman–Crippen MR) is 66.8 cm³/mol. The van der Waals surface area contributed by atoms with Crippen LogP contribution in [0.3, 0.4) is 0 Å². The average molecular weight is 240 g/mol. The molecule has 0 spiro atoms. The van der Waals surface area contributed by atoms with Gasteiger partial charge in [0.2, 0.25) is 0 Å². The number of hydrogen-bond acceptors (Lipinski definition) is 2. The maximum atomic E-state index is 9.73. The zero-order valence-corrected chi connectivity index (χ0v) is 10.3. The maximum absolute atomic E-state index is 9.73. The van der Waals surface area contributed by atoms with Crippen molar-refractivity contribution in [2.75, 3.05) is 6.54 Å². The number of phenolic OH excluding ortho intramolecular Hbond substituents is 1. The van der Waals surface area contributed by atoms with Crippen LogP contribution in [0.25, 0.3) is 0 Å². The molecule has 0 saturated heterocycles. The van der Waals surface area contributed by atoms with E-state index < -0.39 is 0 Å². The Labute approximate surface area is 102 Å². The minimum Gasteiger partial charge on any atom is -0.506 e. The van der Waals surface area contributed by atoms with Crippen LogP contribution < -0.4 is 5.32 Å². The first kappa shape index (κ1) is 11.7. The highest BCUT2D eigenvalue weighted by atomic mass is 35.5. The summed E-state index contributed by atoms with van der Waals surface area (Å²) >= 11 is 5.84. The van der Waals surface area contributed by atoms with Crippen molar-refractivity contribution >= 4 is 11.6 Å². The quantitative estimate of drug-likeness (QED) is 0.826. The smallest absolute Gasteiger partial charge is 0.138 e. The van der Waals surface area contributed by atoms with Crippen molar-refractivity contribution in [1.82, 2.24) is 5.32 Å². The molecule has 16 heavy (non-hydrogen) atoms. The number of benzene rings is 1. The molecule has 1 aliphatic carbocycles. The lowest BCUT2D eigenvalue weighted by Crippen LogP contribution is -2.23. The molecule has 0 aromatic heterocycles. The molecule has 0 radical (unpaired) electrons. The van der Waals surface area contributed by atoms with Gasteiger partial charge in [0.1, 0.15) is 5.75 Å². The Balaban J connectivity index is 1.88. The topological polar surface area (TPSA) is 32.3 Å². The van der Waals surface area contributed by atoms with Gasteiger partial charge >= 0.3 is 0 Å². The second-order valence-electron chi connectivity index (χ2n) is 4.70. The van der Waals surface area contributed by atoms with Crippen LogP contribution in [0.1, 0.15) is 31.7 Å². The number of hydrogen-bond donors (Lipinski definition) is 2. The zero-order valence-electron chi connectivity index (χ0n) is 9.59. The van der Waals surface area contributed by atoms with Gasteiger partial charge in [-0.1, -0.05) is 30.7 Å². The Hall–Kier alpha value is -0.730. The van der Waals surface area contributed by atoms with Gasteiger partial charge in [-0.3, -0.25) is 0 Å². The summed E-state index contributed by atoms with van der Waals surface area (Å²) in [6.07, 6.45) is 3.90. The van der Waals surface area contributed by atoms with E-state index in [1.807, 2.05) is 12.1 Å². The minimum absolute atomic E-state index is 0.206. The number of nitrogens with one attached hydrogen (secondary N) is 1.